The van der Waals surface area contributed by atoms with Gasteiger partial charge in [-0.3, -0.25) is 4.79 Å². The van der Waals surface area contributed by atoms with Crippen LogP contribution in [0.2, 0.25) is 0 Å². The van der Waals surface area contributed by atoms with Crippen molar-refractivity contribution < 1.29 is 9.90 Å². The number of nitrogens with two attached hydrogens (primary N) is 1. The summed E-state index contributed by atoms with van der Waals surface area (Å²) >= 11 is 0. The van der Waals surface area contributed by atoms with Crippen molar-refractivity contribution in [1.29, 1.82) is 0 Å². The molecule has 4 nitrogen and oxygen atoms in total. The monoisotopic (exact) mass is 240 g/mol. The predicted molar refractivity (Wildman–Crippen MR) is 66.3 cm³/mol. The van der Waals surface area contributed by atoms with Crippen LogP contribution in [0.25, 0.3) is 0 Å². The number of hydrogen-bond acceptors (Lipinski definition) is 3. The Bertz CT molecular complexity index is 275. The summed E-state index contributed by atoms with van der Waals surface area (Å²) in [6.45, 7) is 0.928. The number of carbonyl (C=O) groups is 1. The highest BCUT2D eigenvalue weighted by Gasteiger charge is 2.37. The van der Waals surface area contributed by atoms with Crippen LogP contribution in [0.5, 0.6) is 0 Å². The summed E-state index contributed by atoms with van der Waals surface area (Å²) in [7, 11) is 0. The normalized spacial score (nSPS) is 31.6. The van der Waals surface area contributed by atoms with Crippen LogP contribution in [0.15, 0.2) is 0 Å². The van der Waals surface area contributed by atoms with E-state index in [4.69, 9.17) is 5.73 Å². The Morgan fingerprint density at radius 3 is 2.53 bits per heavy atom. The number of aliphatic hydroxyl groups excluding tert-OH is 1. The lowest BCUT2D eigenvalue weighted by atomic mass is 9.95. The predicted octanol–water partition coefficient (Wildman–Crippen LogP) is 0.783. The molecule has 2 rings (SSSR count). The maximum absolute atomic E-state index is 12.0. The highest BCUT2D eigenvalue weighted by atomic mass is 16.3. The Hall–Kier alpha value is -0.610. The molecule has 0 heterocycles. The van der Waals surface area contributed by atoms with E-state index in [1.54, 1.807) is 0 Å². The van der Waals surface area contributed by atoms with Crippen LogP contribution in [0.4, 0.5) is 0 Å². The van der Waals surface area contributed by atoms with Gasteiger partial charge in [0.1, 0.15) is 0 Å². The van der Waals surface area contributed by atoms with Gasteiger partial charge in [-0.15, -0.1) is 0 Å². The molecule has 0 bridgehead atoms. The van der Waals surface area contributed by atoms with E-state index in [9.17, 15) is 9.90 Å². The molecule has 2 unspecified atom stereocenters. The summed E-state index contributed by atoms with van der Waals surface area (Å²) in [6, 6.07) is 0. The number of amides is 1. The molecule has 2 aliphatic carbocycles. The molecule has 0 radical (unpaired) electrons. The van der Waals surface area contributed by atoms with Crippen molar-refractivity contribution in [1.82, 2.24) is 5.32 Å². The molecular weight excluding hydrogens is 216 g/mol. The lowest BCUT2D eigenvalue weighted by Crippen LogP contribution is -2.52. The van der Waals surface area contributed by atoms with Gasteiger partial charge in [0.25, 0.3) is 0 Å². The van der Waals surface area contributed by atoms with Crippen molar-refractivity contribution in [2.45, 2.75) is 50.5 Å². The molecule has 4 heteroatoms. The third-order valence-corrected chi connectivity index (χ3v) is 4.52. The fraction of sp³-hybridized carbons (Fsp3) is 0.923. The number of hydrogen-bond donors (Lipinski definition) is 3. The first-order valence-electron chi connectivity index (χ1n) is 6.84. The first-order chi connectivity index (χ1) is 8.15. The number of aliphatic hydroxyl groups is 1. The van der Waals surface area contributed by atoms with Gasteiger partial charge in [-0.2, -0.15) is 0 Å². The van der Waals surface area contributed by atoms with E-state index in [1.165, 1.54) is 6.42 Å². The van der Waals surface area contributed by atoms with Crippen LogP contribution in [0.1, 0.15) is 44.9 Å². The van der Waals surface area contributed by atoms with Gasteiger partial charge >= 0.3 is 0 Å². The fourth-order valence-corrected chi connectivity index (χ4v) is 3.26. The van der Waals surface area contributed by atoms with Gasteiger partial charge in [0, 0.05) is 13.2 Å². The van der Waals surface area contributed by atoms with Crippen LogP contribution in [-0.4, -0.2) is 29.7 Å². The van der Waals surface area contributed by atoms with Gasteiger partial charge in [0.15, 0.2) is 0 Å². The third-order valence-electron chi connectivity index (χ3n) is 4.52. The molecular formula is C13H24N2O2. The fourth-order valence-electron chi connectivity index (χ4n) is 3.26. The summed E-state index contributed by atoms with van der Waals surface area (Å²) in [5.74, 6) is 0.820. The SMILES string of the molecule is NC1(C(=O)NCC2CCCC2CO)CCCC1. The van der Waals surface area contributed by atoms with E-state index in [-0.39, 0.29) is 12.5 Å². The van der Waals surface area contributed by atoms with Crippen LogP contribution in [-0.2, 0) is 4.79 Å². The smallest absolute Gasteiger partial charge is 0.240 e. The molecule has 0 aromatic rings. The first kappa shape index (κ1) is 12.8. The Morgan fingerprint density at radius 1 is 1.24 bits per heavy atom. The van der Waals surface area contributed by atoms with Gasteiger partial charge in [-0.25, -0.2) is 0 Å². The van der Waals surface area contributed by atoms with Gasteiger partial charge in [0.05, 0.1) is 5.54 Å². The molecule has 0 saturated heterocycles. The zero-order valence-electron chi connectivity index (χ0n) is 10.5. The second kappa shape index (κ2) is 5.36. The van der Waals surface area contributed by atoms with Gasteiger partial charge < -0.3 is 16.2 Å². The van der Waals surface area contributed by atoms with E-state index in [1.807, 2.05) is 0 Å². The average molecular weight is 240 g/mol. The van der Waals surface area contributed by atoms with E-state index in [2.05, 4.69) is 5.32 Å². The zero-order valence-corrected chi connectivity index (χ0v) is 10.5. The Balaban J connectivity index is 1.79. The minimum atomic E-state index is -0.618. The van der Waals surface area contributed by atoms with E-state index in [0.717, 1.165) is 38.5 Å². The van der Waals surface area contributed by atoms with Crippen molar-refractivity contribution in [2.75, 3.05) is 13.2 Å². The van der Waals surface area contributed by atoms with Gasteiger partial charge in [-0.05, 0) is 37.5 Å². The highest BCUT2D eigenvalue weighted by Crippen LogP contribution is 2.31. The average Bonchev–Trinajstić information content (AvgIpc) is 2.95. The van der Waals surface area contributed by atoms with Crippen molar-refractivity contribution >= 4 is 5.91 Å². The molecule has 17 heavy (non-hydrogen) atoms. The van der Waals surface area contributed by atoms with Crippen molar-refractivity contribution in [2.24, 2.45) is 17.6 Å². The second-order valence-corrected chi connectivity index (χ2v) is 5.71. The van der Waals surface area contributed by atoms with Crippen LogP contribution < -0.4 is 11.1 Å². The molecule has 0 aromatic heterocycles. The van der Waals surface area contributed by atoms with Crippen molar-refractivity contribution in [3.8, 4) is 0 Å². The molecule has 4 N–H and O–H groups in total. The summed E-state index contributed by atoms with van der Waals surface area (Å²) in [4.78, 5) is 12.0. The Labute approximate surface area is 103 Å². The van der Waals surface area contributed by atoms with Crippen LogP contribution in [0.3, 0.4) is 0 Å². The van der Waals surface area contributed by atoms with Gasteiger partial charge in [-0.1, -0.05) is 19.3 Å². The summed E-state index contributed by atoms with van der Waals surface area (Å²) in [6.07, 6.45) is 7.12. The first-order valence-corrected chi connectivity index (χ1v) is 6.84. The standard InChI is InChI=1S/C13H24N2O2/c14-13(6-1-2-7-13)12(17)15-8-10-4-3-5-11(10)9-16/h10-11,16H,1-9,14H2,(H,15,17). The van der Waals surface area contributed by atoms with Crippen LogP contribution in [0, 0.1) is 11.8 Å². The van der Waals surface area contributed by atoms with Gasteiger partial charge in [0.2, 0.25) is 5.91 Å². The maximum atomic E-state index is 12.0. The lowest BCUT2D eigenvalue weighted by Gasteiger charge is -2.25. The largest absolute Gasteiger partial charge is 0.396 e. The summed E-state index contributed by atoms with van der Waals surface area (Å²) < 4.78 is 0. The van der Waals surface area contributed by atoms with Crippen molar-refractivity contribution in [3.05, 3.63) is 0 Å². The summed E-state index contributed by atoms with van der Waals surface area (Å²) in [5, 5.41) is 12.2. The van der Waals surface area contributed by atoms with Crippen LogP contribution >= 0.6 is 0 Å². The van der Waals surface area contributed by atoms with Crippen molar-refractivity contribution in [3.63, 3.8) is 0 Å². The molecule has 0 aromatic carbocycles. The maximum Gasteiger partial charge on any atom is 0.240 e. The molecule has 1 amide bonds. The molecule has 2 saturated carbocycles. The highest BCUT2D eigenvalue weighted by molar-refractivity contribution is 5.86. The molecule has 98 valence electrons. The molecule has 2 atom stereocenters. The quantitative estimate of drug-likeness (QED) is 0.680. The van der Waals surface area contributed by atoms with E-state index in [0.29, 0.717) is 18.4 Å². The molecule has 2 fully saturated rings. The minimum Gasteiger partial charge on any atom is -0.396 e. The minimum absolute atomic E-state index is 0.0126. The third kappa shape index (κ3) is 2.80. The lowest BCUT2D eigenvalue weighted by molar-refractivity contribution is -0.126. The zero-order chi connectivity index (χ0) is 12.3. The Kier molecular flexibility index (Phi) is 4.05. The number of carbonyl (C=O) groups excluding carboxylic acids is 1. The second-order valence-electron chi connectivity index (χ2n) is 5.71. The molecule has 2 aliphatic rings. The number of rotatable bonds is 4. The molecule has 0 aliphatic heterocycles. The summed E-state index contributed by atoms with van der Waals surface area (Å²) in [5.41, 5.74) is 5.48. The van der Waals surface area contributed by atoms with E-state index < -0.39 is 5.54 Å². The van der Waals surface area contributed by atoms with E-state index >= 15 is 0 Å². The topological polar surface area (TPSA) is 75.4 Å². The Morgan fingerprint density at radius 2 is 1.88 bits per heavy atom. The molecule has 0 spiro atoms. The number of nitrogens with one attached hydrogen (secondary N) is 1.